The molecule has 0 fully saturated rings. The zero-order valence-corrected chi connectivity index (χ0v) is 12.4. The number of rotatable bonds is 4. The van der Waals surface area contributed by atoms with E-state index in [2.05, 4.69) is 5.32 Å². The third-order valence-electron chi connectivity index (χ3n) is 2.90. The van der Waals surface area contributed by atoms with Crippen molar-refractivity contribution in [3.63, 3.8) is 0 Å². The summed E-state index contributed by atoms with van der Waals surface area (Å²) in [5.41, 5.74) is 7.61. The van der Waals surface area contributed by atoms with E-state index in [0.717, 1.165) is 5.56 Å². The minimum absolute atomic E-state index is 0.0794. The predicted octanol–water partition coefficient (Wildman–Crippen LogP) is 1.99. The molecule has 0 heterocycles. The van der Waals surface area contributed by atoms with Gasteiger partial charge in [-0.3, -0.25) is 4.79 Å². The molecule has 0 aliphatic heterocycles. The fraction of sp³-hybridized carbons (Fsp3) is 0.133. The van der Waals surface area contributed by atoms with Gasteiger partial charge in [0, 0.05) is 11.4 Å². The lowest BCUT2D eigenvalue weighted by Crippen LogP contribution is -2.23. The van der Waals surface area contributed by atoms with Crippen molar-refractivity contribution in [3.8, 4) is 0 Å². The molecule has 0 aliphatic carbocycles. The number of benzene rings is 2. The van der Waals surface area contributed by atoms with Crippen molar-refractivity contribution in [2.45, 2.75) is 11.8 Å². The molecule has 0 spiro atoms. The van der Waals surface area contributed by atoms with Crippen LogP contribution in [0.25, 0.3) is 0 Å². The number of amides is 1. The van der Waals surface area contributed by atoms with Crippen molar-refractivity contribution in [3.05, 3.63) is 54.1 Å². The number of hydrogen-bond donors (Lipinski definition) is 2. The first-order valence-corrected chi connectivity index (χ1v) is 7.97. The number of carbonyl (C=O) groups excluding carboxylic acids is 1. The quantitative estimate of drug-likeness (QED) is 0.845. The first-order valence-electron chi connectivity index (χ1n) is 6.32. The van der Waals surface area contributed by atoms with Gasteiger partial charge in [0.15, 0.2) is 9.84 Å². The van der Waals surface area contributed by atoms with E-state index in [0.29, 0.717) is 11.4 Å². The van der Waals surface area contributed by atoms with Crippen LogP contribution in [0.5, 0.6) is 0 Å². The third-order valence-corrected chi connectivity index (χ3v) is 4.53. The molecule has 0 aliphatic rings. The van der Waals surface area contributed by atoms with Gasteiger partial charge in [0.05, 0.1) is 4.90 Å². The molecule has 21 heavy (non-hydrogen) atoms. The first-order chi connectivity index (χ1) is 9.87. The molecular formula is C15H16N2O3S. The van der Waals surface area contributed by atoms with Crippen LogP contribution in [0.3, 0.4) is 0 Å². The smallest absolute Gasteiger partial charge is 0.239 e. The molecule has 110 valence electrons. The number of aryl methyl sites for hydroxylation is 1. The largest absolute Gasteiger partial charge is 0.399 e. The monoisotopic (exact) mass is 304 g/mol. The average molecular weight is 304 g/mol. The van der Waals surface area contributed by atoms with E-state index in [1.807, 2.05) is 19.1 Å². The lowest BCUT2D eigenvalue weighted by Gasteiger charge is -2.07. The maximum atomic E-state index is 12.1. The Hall–Kier alpha value is -2.34. The molecule has 2 rings (SSSR count). The molecule has 0 unspecified atom stereocenters. The summed E-state index contributed by atoms with van der Waals surface area (Å²) < 4.78 is 24.2. The van der Waals surface area contributed by atoms with Crippen LogP contribution in [0.1, 0.15) is 5.56 Å². The summed E-state index contributed by atoms with van der Waals surface area (Å²) in [6.45, 7) is 1.93. The van der Waals surface area contributed by atoms with E-state index in [-0.39, 0.29) is 4.90 Å². The fourth-order valence-electron chi connectivity index (χ4n) is 1.77. The van der Waals surface area contributed by atoms with Gasteiger partial charge in [0.2, 0.25) is 5.91 Å². The van der Waals surface area contributed by atoms with E-state index >= 15 is 0 Å². The maximum Gasteiger partial charge on any atom is 0.239 e. The van der Waals surface area contributed by atoms with Gasteiger partial charge in [-0.05, 0) is 43.3 Å². The summed E-state index contributed by atoms with van der Waals surface area (Å²) in [5, 5.41) is 2.56. The van der Waals surface area contributed by atoms with Gasteiger partial charge in [-0.1, -0.05) is 17.7 Å². The summed E-state index contributed by atoms with van der Waals surface area (Å²) in [7, 11) is -3.67. The number of nitrogens with one attached hydrogen (secondary N) is 1. The number of hydrogen-bond acceptors (Lipinski definition) is 4. The Morgan fingerprint density at radius 1 is 1.05 bits per heavy atom. The van der Waals surface area contributed by atoms with E-state index in [1.54, 1.807) is 12.1 Å². The van der Waals surface area contributed by atoms with Crippen molar-refractivity contribution in [2.75, 3.05) is 16.8 Å². The molecule has 2 aromatic carbocycles. The zero-order chi connectivity index (χ0) is 15.5. The third kappa shape index (κ3) is 4.06. The second-order valence-electron chi connectivity index (χ2n) is 4.74. The number of anilines is 2. The molecular weight excluding hydrogens is 288 g/mol. The number of nitrogens with two attached hydrogens (primary N) is 1. The Morgan fingerprint density at radius 3 is 2.19 bits per heavy atom. The van der Waals surface area contributed by atoms with Crippen LogP contribution >= 0.6 is 0 Å². The van der Waals surface area contributed by atoms with E-state index in [1.165, 1.54) is 24.3 Å². The van der Waals surface area contributed by atoms with Crippen LogP contribution in [-0.2, 0) is 14.6 Å². The molecule has 0 saturated carbocycles. The highest BCUT2D eigenvalue weighted by atomic mass is 32.2. The molecule has 0 atom stereocenters. The first kappa shape index (κ1) is 15.1. The van der Waals surface area contributed by atoms with Gasteiger partial charge in [0.25, 0.3) is 0 Å². The van der Waals surface area contributed by atoms with Gasteiger partial charge in [-0.15, -0.1) is 0 Å². The minimum atomic E-state index is -3.67. The van der Waals surface area contributed by atoms with Crippen LogP contribution < -0.4 is 11.1 Å². The van der Waals surface area contributed by atoms with Crippen molar-refractivity contribution >= 4 is 27.1 Å². The van der Waals surface area contributed by atoms with Gasteiger partial charge < -0.3 is 11.1 Å². The molecule has 0 radical (unpaired) electrons. The standard InChI is InChI=1S/C15H16N2O3S/c1-11-2-6-13(7-3-11)17-15(18)10-21(19,20)14-8-4-12(16)5-9-14/h2-9H,10,16H2,1H3,(H,17,18). The highest BCUT2D eigenvalue weighted by Gasteiger charge is 2.19. The maximum absolute atomic E-state index is 12.1. The topological polar surface area (TPSA) is 89.3 Å². The molecule has 0 saturated heterocycles. The lowest BCUT2D eigenvalue weighted by atomic mass is 10.2. The highest BCUT2D eigenvalue weighted by Crippen LogP contribution is 2.14. The Bertz CT molecular complexity index is 735. The van der Waals surface area contributed by atoms with Gasteiger partial charge in [0.1, 0.15) is 5.75 Å². The fourth-order valence-corrected chi connectivity index (χ4v) is 2.90. The second kappa shape index (κ2) is 5.97. The molecule has 1 amide bonds. The summed E-state index contributed by atoms with van der Waals surface area (Å²) in [6, 6.07) is 12.9. The van der Waals surface area contributed by atoms with Crippen LogP contribution in [0.2, 0.25) is 0 Å². The summed E-state index contributed by atoms with van der Waals surface area (Å²) in [4.78, 5) is 11.9. The van der Waals surface area contributed by atoms with Crippen molar-refractivity contribution in [2.24, 2.45) is 0 Å². The molecule has 0 bridgehead atoms. The van der Waals surface area contributed by atoms with Crippen LogP contribution in [0.15, 0.2) is 53.4 Å². The Morgan fingerprint density at radius 2 is 1.62 bits per heavy atom. The van der Waals surface area contributed by atoms with Crippen molar-refractivity contribution in [1.29, 1.82) is 0 Å². The molecule has 6 heteroatoms. The van der Waals surface area contributed by atoms with Crippen LogP contribution in [0, 0.1) is 6.92 Å². The van der Waals surface area contributed by atoms with E-state index in [9.17, 15) is 13.2 Å². The van der Waals surface area contributed by atoms with Gasteiger partial charge >= 0.3 is 0 Å². The molecule has 3 N–H and O–H groups in total. The highest BCUT2D eigenvalue weighted by molar-refractivity contribution is 7.92. The Balaban J connectivity index is 2.07. The lowest BCUT2D eigenvalue weighted by molar-refractivity contribution is -0.113. The Kier molecular flexibility index (Phi) is 4.28. The summed E-state index contributed by atoms with van der Waals surface area (Å²) in [5.74, 6) is -1.18. The normalized spacial score (nSPS) is 11.1. The Labute approximate surface area is 123 Å². The number of nitrogen functional groups attached to an aromatic ring is 1. The van der Waals surface area contributed by atoms with E-state index in [4.69, 9.17) is 5.73 Å². The average Bonchev–Trinajstić information content (AvgIpc) is 2.41. The molecule has 5 nitrogen and oxygen atoms in total. The summed E-state index contributed by atoms with van der Waals surface area (Å²) in [6.07, 6.45) is 0. The molecule has 2 aromatic rings. The van der Waals surface area contributed by atoms with Crippen LogP contribution in [-0.4, -0.2) is 20.1 Å². The number of sulfone groups is 1. The minimum Gasteiger partial charge on any atom is -0.399 e. The van der Waals surface area contributed by atoms with Gasteiger partial charge in [-0.2, -0.15) is 0 Å². The summed E-state index contributed by atoms with van der Waals surface area (Å²) >= 11 is 0. The van der Waals surface area contributed by atoms with Crippen molar-refractivity contribution in [1.82, 2.24) is 0 Å². The molecule has 0 aromatic heterocycles. The number of carbonyl (C=O) groups is 1. The van der Waals surface area contributed by atoms with Crippen molar-refractivity contribution < 1.29 is 13.2 Å². The van der Waals surface area contributed by atoms with E-state index < -0.39 is 21.5 Å². The van der Waals surface area contributed by atoms with Crippen LogP contribution in [0.4, 0.5) is 11.4 Å². The SMILES string of the molecule is Cc1ccc(NC(=O)CS(=O)(=O)c2ccc(N)cc2)cc1. The second-order valence-corrected chi connectivity index (χ2v) is 6.73. The van der Waals surface area contributed by atoms with Gasteiger partial charge in [-0.25, -0.2) is 8.42 Å². The zero-order valence-electron chi connectivity index (χ0n) is 11.5. The predicted molar refractivity (Wildman–Crippen MR) is 82.7 cm³/mol.